The van der Waals surface area contributed by atoms with E-state index < -0.39 is 0 Å². The molecule has 1 aromatic rings. The van der Waals surface area contributed by atoms with Crippen LogP contribution in [0.25, 0.3) is 0 Å². The van der Waals surface area contributed by atoms with E-state index in [1.807, 2.05) is 32.9 Å². The van der Waals surface area contributed by atoms with Crippen LogP contribution in [-0.2, 0) is 15.0 Å². The van der Waals surface area contributed by atoms with Gasteiger partial charge in [0, 0.05) is 5.54 Å². The average Bonchev–Trinajstić information content (AvgIpc) is 2.49. The van der Waals surface area contributed by atoms with Gasteiger partial charge >= 0.3 is 0 Å². The lowest BCUT2D eigenvalue weighted by atomic mass is 9.87. The summed E-state index contributed by atoms with van der Waals surface area (Å²) in [5.74, 6) is 0.556. The van der Waals surface area contributed by atoms with Crippen LogP contribution in [0.3, 0.4) is 0 Å². The Kier molecular flexibility index (Phi) is 8.28. The Morgan fingerprint density at radius 3 is 2.04 bits per heavy atom. The maximum Gasteiger partial charge on any atom is 0.234 e. The Labute approximate surface area is 163 Å². The molecular formula is C21H35N3O3. The van der Waals surface area contributed by atoms with Crippen LogP contribution in [-0.4, -0.2) is 55.5 Å². The molecule has 0 bridgehead atoms. The van der Waals surface area contributed by atoms with E-state index >= 15 is 0 Å². The number of benzene rings is 1. The fourth-order valence-corrected chi connectivity index (χ4v) is 2.47. The second kappa shape index (κ2) is 9.74. The molecule has 0 saturated carbocycles. The topological polar surface area (TPSA) is 70.7 Å². The van der Waals surface area contributed by atoms with Crippen molar-refractivity contribution in [2.75, 3.05) is 33.3 Å². The van der Waals surface area contributed by atoms with E-state index in [1.54, 1.807) is 11.9 Å². The first-order valence-electron chi connectivity index (χ1n) is 9.36. The molecule has 0 aliphatic carbocycles. The Balaban J connectivity index is 2.26. The lowest BCUT2D eigenvalue weighted by Crippen LogP contribution is -2.47. The number of hydrogen-bond donors (Lipinski definition) is 2. The molecule has 0 heterocycles. The van der Waals surface area contributed by atoms with Crippen molar-refractivity contribution in [3.63, 3.8) is 0 Å². The van der Waals surface area contributed by atoms with E-state index in [-0.39, 0.29) is 35.9 Å². The zero-order valence-electron chi connectivity index (χ0n) is 17.8. The van der Waals surface area contributed by atoms with Gasteiger partial charge in [0.15, 0.2) is 0 Å². The summed E-state index contributed by atoms with van der Waals surface area (Å²) in [7, 11) is 1.75. The van der Waals surface area contributed by atoms with E-state index in [0.717, 1.165) is 5.75 Å². The summed E-state index contributed by atoms with van der Waals surface area (Å²) in [6, 6.07) is 8.02. The molecule has 2 N–H and O–H groups in total. The molecule has 0 fully saturated rings. The normalized spacial score (nSPS) is 12.0. The highest BCUT2D eigenvalue weighted by Crippen LogP contribution is 2.24. The van der Waals surface area contributed by atoms with Crippen molar-refractivity contribution in [1.82, 2.24) is 15.5 Å². The molecule has 0 unspecified atom stereocenters. The smallest absolute Gasteiger partial charge is 0.234 e. The fourth-order valence-electron chi connectivity index (χ4n) is 2.47. The minimum absolute atomic E-state index is 0.0974. The van der Waals surface area contributed by atoms with Gasteiger partial charge in [-0.05, 0) is 50.9 Å². The molecule has 0 aromatic heterocycles. The second-order valence-corrected chi connectivity index (χ2v) is 8.94. The third-order valence-corrected chi connectivity index (χ3v) is 3.75. The van der Waals surface area contributed by atoms with Gasteiger partial charge in [-0.2, -0.15) is 0 Å². The summed E-state index contributed by atoms with van der Waals surface area (Å²) in [6.07, 6.45) is 0. The van der Waals surface area contributed by atoms with Crippen LogP contribution >= 0.6 is 0 Å². The largest absolute Gasteiger partial charge is 0.492 e. The molecule has 6 nitrogen and oxygen atoms in total. The van der Waals surface area contributed by atoms with Gasteiger partial charge in [-0.3, -0.25) is 14.5 Å². The van der Waals surface area contributed by atoms with Crippen LogP contribution in [0.2, 0.25) is 0 Å². The molecule has 0 aliphatic rings. The zero-order chi connectivity index (χ0) is 20.7. The first kappa shape index (κ1) is 23.0. The lowest BCUT2D eigenvalue weighted by molar-refractivity contribution is -0.125. The van der Waals surface area contributed by atoms with Crippen LogP contribution in [0.15, 0.2) is 24.3 Å². The van der Waals surface area contributed by atoms with E-state index in [1.165, 1.54) is 5.56 Å². The monoisotopic (exact) mass is 377 g/mol. The van der Waals surface area contributed by atoms with Gasteiger partial charge in [0.25, 0.3) is 0 Å². The van der Waals surface area contributed by atoms with Crippen LogP contribution in [0.4, 0.5) is 0 Å². The minimum Gasteiger partial charge on any atom is -0.492 e. The van der Waals surface area contributed by atoms with Crippen molar-refractivity contribution in [2.45, 2.75) is 52.5 Å². The van der Waals surface area contributed by atoms with Crippen molar-refractivity contribution >= 4 is 11.8 Å². The zero-order valence-corrected chi connectivity index (χ0v) is 17.8. The standard InChI is InChI=1S/C21H35N3O3/c1-20(2,3)16-8-10-17(11-9-16)27-13-12-22-18(25)14-24(7)15-19(26)23-21(4,5)6/h8-11H,12-15H2,1-7H3,(H,22,25)(H,23,26). The van der Waals surface area contributed by atoms with E-state index in [0.29, 0.717) is 13.2 Å². The van der Waals surface area contributed by atoms with Crippen LogP contribution in [0.1, 0.15) is 47.1 Å². The van der Waals surface area contributed by atoms with Crippen molar-refractivity contribution < 1.29 is 14.3 Å². The van der Waals surface area contributed by atoms with E-state index in [4.69, 9.17) is 4.74 Å². The molecule has 1 aromatic carbocycles. The number of carbonyl (C=O) groups is 2. The van der Waals surface area contributed by atoms with Gasteiger partial charge in [-0.15, -0.1) is 0 Å². The van der Waals surface area contributed by atoms with Gasteiger partial charge in [0.05, 0.1) is 19.6 Å². The molecule has 152 valence electrons. The predicted octanol–water partition coefficient (Wildman–Crippen LogP) is 2.33. The molecule has 0 radical (unpaired) electrons. The number of carbonyl (C=O) groups excluding carboxylic acids is 2. The Bertz CT molecular complexity index is 613. The molecule has 2 amide bonds. The average molecular weight is 378 g/mol. The highest BCUT2D eigenvalue weighted by molar-refractivity contribution is 5.81. The Hall–Kier alpha value is -2.08. The molecule has 0 spiro atoms. The summed E-state index contributed by atoms with van der Waals surface area (Å²) in [4.78, 5) is 25.5. The van der Waals surface area contributed by atoms with Crippen molar-refractivity contribution in [3.05, 3.63) is 29.8 Å². The SMILES string of the molecule is CN(CC(=O)NCCOc1ccc(C(C)(C)C)cc1)CC(=O)NC(C)(C)C. The number of amides is 2. The molecule has 0 aliphatic heterocycles. The fraction of sp³-hybridized carbons (Fsp3) is 0.619. The number of hydrogen-bond acceptors (Lipinski definition) is 4. The first-order valence-corrected chi connectivity index (χ1v) is 9.36. The molecule has 1 rings (SSSR count). The van der Waals surface area contributed by atoms with E-state index in [9.17, 15) is 9.59 Å². The van der Waals surface area contributed by atoms with Crippen molar-refractivity contribution in [1.29, 1.82) is 0 Å². The van der Waals surface area contributed by atoms with Gasteiger partial charge in [-0.25, -0.2) is 0 Å². The van der Waals surface area contributed by atoms with Gasteiger partial charge < -0.3 is 15.4 Å². The van der Waals surface area contributed by atoms with Crippen LogP contribution < -0.4 is 15.4 Å². The summed E-state index contributed by atoms with van der Waals surface area (Å²) >= 11 is 0. The molecule has 6 heteroatoms. The van der Waals surface area contributed by atoms with Crippen LogP contribution in [0, 0.1) is 0 Å². The maximum absolute atomic E-state index is 11.9. The number of nitrogens with one attached hydrogen (secondary N) is 2. The quantitative estimate of drug-likeness (QED) is 0.682. The summed E-state index contributed by atoms with van der Waals surface area (Å²) < 4.78 is 5.66. The summed E-state index contributed by atoms with van der Waals surface area (Å²) in [5.41, 5.74) is 1.09. The van der Waals surface area contributed by atoms with Crippen molar-refractivity contribution in [3.8, 4) is 5.75 Å². The van der Waals surface area contributed by atoms with Gasteiger partial charge in [-0.1, -0.05) is 32.9 Å². The molecule has 0 saturated heterocycles. The summed E-state index contributed by atoms with van der Waals surface area (Å²) in [6.45, 7) is 13.4. The second-order valence-electron chi connectivity index (χ2n) is 8.94. The lowest BCUT2D eigenvalue weighted by Gasteiger charge is -2.23. The maximum atomic E-state index is 11.9. The minimum atomic E-state index is -0.275. The number of ether oxygens (including phenoxy) is 1. The van der Waals surface area contributed by atoms with Crippen molar-refractivity contribution in [2.24, 2.45) is 0 Å². The highest BCUT2D eigenvalue weighted by Gasteiger charge is 2.16. The Morgan fingerprint density at radius 2 is 1.52 bits per heavy atom. The Morgan fingerprint density at radius 1 is 0.963 bits per heavy atom. The predicted molar refractivity (Wildman–Crippen MR) is 109 cm³/mol. The summed E-state index contributed by atoms with van der Waals surface area (Å²) in [5, 5.41) is 5.68. The molecular weight excluding hydrogens is 342 g/mol. The number of rotatable bonds is 8. The van der Waals surface area contributed by atoms with Crippen LogP contribution in [0.5, 0.6) is 5.75 Å². The first-order chi connectivity index (χ1) is 12.4. The number of likely N-dealkylation sites (N-methyl/N-ethyl adjacent to an activating group) is 1. The van der Waals surface area contributed by atoms with Gasteiger partial charge in [0.1, 0.15) is 12.4 Å². The highest BCUT2D eigenvalue weighted by atomic mass is 16.5. The molecule has 0 atom stereocenters. The third kappa shape index (κ3) is 9.99. The number of nitrogens with zero attached hydrogens (tertiary/aromatic N) is 1. The third-order valence-electron chi connectivity index (χ3n) is 3.75. The molecule has 27 heavy (non-hydrogen) atoms. The van der Waals surface area contributed by atoms with Gasteiger partial charge in [0.2, 0.25) is 11.8 Å². The van der Waals surface area contributed by atoms with E-state index in [2.05, 4.69) is 43.5 Å².